The lowest BCUT2D eigenvalue weighted by Crippen LogP contribution is -2.55. The standard InChI is InChI=1S/C16H24FN3/c17-14-4-3-5-15(12-14)18-7-9-19-10-11-20-8-2-1-6-16(20)13-19/h3-5,12,16,18H,1-2,6-11,13H2. The second-order valence-electron chi connectivity index (χ2n) is 5.92. The molecule has 3 rings (SSSR count). The maximum atomic E-state index is 13.1. The van der Waals surface area contributed by atoms with E-state index >= 15 is 0 Å². The van der Waals surface area contributed by atoms with Crippen molar-refractivity contribution >= 4 is 5.69 Å². The van der Waals surface area contributed by atoms with Crippen LogP contribution >= 0.6 is 0 Å². The van der Waals surface area contributed by atoms with Crippen molar-refractivity contribution in [3.63, 3.8) is 0 Å². The number of fused-ring (bicyclic) bond motifs is 1. The van der Waals surface area contributed by atoms with E-state index in [-0.39, 0.29) is 5.82 Å². The number of piperazine rings is 1. The van der Waals surface area contributed by atoms with Crippen LogP contribution in [0.1, 0.15) is 19.3 Å². The van der Waals surface area contributed by atoms with Crippen LogP contribution < -0.4 is 5.32 Å². The van der Waals surface area contributed by atoms with Gasteiger partial charge >= 0.3 is 0 Å². The Morgan fingerprint density at radius 3 is 3.05 bits per heavy atom. The molecule has 0 aromatic heterocycles. The van der Waals surface area contributed by atoms with Gasteiger partial charge in [-0.05, 0) is 37.6 Å². The fraction of sp³-hybridized carbons (Fsp3) is 0.625. The summed E-state index contributed by atoms with van der Waals surface area (Å²) >= 11 is 0. The maximum absolute atomic E-state index is 13.1. The number of piperidine rings is 1. The van der Waals surface area contributed by atoms with Crippen LogP contribution in [0, 0.1) is 5.82 Å². The van der Waals surface area contributed by atoms with Crippen LogP contribution in [0.2, 0.25) is 0 Å². The number of benzene rings is 1. The quantitative estimate of drug-likeness (QED) is 0.912. The van der Waals surface area contributed by atoms with Crippen molar-refractivity contribution in [2.24, 2.45) is 0 Å². The molecule has 2 heterocycles. The predicted octanol–water partition coefficient (Wildman–Crippen LogP) is 2.41. The highest BCUT2D eigenvalue weighted by molar-refractivity contribution is 5.42. The van der Waals surface area contributed by atoms with Gasteiger partial charge in [-0.3, -0.25) is 9.80 Å². The molecule has 0 aliphatic carbocycles. The molecule has 0 radical (unpaired) electrons. The lowest BCUT2D eigenvalue weighted by molar-refractivity contribution is 0.0515. The molecule has 0 spiro atoms. The van der Waals surface area contributed by atoms with Gasteiger partial charge in [0.05, 0.1) is 0 Å². The molecule has 4 heteroatoms. The van der Waals surface area contributed by atoms with E-state index in [4.69, 9.17) is 0 Å². The first-order valence-corrected chi connectivity index (χ1v) is 7.77. The zero-order chi connectivity index (χ0) is 13.8. The molecule has 1 N–H and O–H groups in total. The third-order valence-electron chi connectivity index (χ3n) is 4.50. The van der Waals surface area contributed by atoms with E-state index in [1.807, 2.05) is 6.07 Å². The van der Waals surface area contributed by atoms with Crippen LogP contribution in [0.4, 0.5) is 10.1 Å². The summed E-state index contributed by atoms with van der Waals surface area (Å²) in [5, 5.41) is 3.31. The Bertz CT molecular complexity index is 437. The van der Waals surface area contributed by atoms with Gasteiger partial charge in [0, 0.05) is 44.5 Å². The van der Waals surface area contributed by atoms with Gasteiger partial charge < -0.3 is 5.32 Å². The number of hydrogen-bond acceptors (Lipinski definition) is 3. The van der Waals surface area contributed by atoms with Crippen molar-refractivity contribution in [2.45, 2.75) is 25.3 Å². The third kappa shape index (κ3) is 3.49. The van der Waals surface area contributed by atoms with Crippen molar-refractivity contribution in [1.29, 1.82) is 0 Å². The highest BCUT2D eigenvalue weighted by atomic mass is 19.1. The van der Waals surface area contributed by atoms with Gasteiger partial charge in [0.25, 0.3) is 0 Å². The largest absolute Gasteiger partial charge is 0.384 e. The smallest absolute Gasteiger partial charge is 0.125 e. The Morgan fingerprint density at radius 1 is 1.20 bits per heavy atom. The van der Waals surface area contributed by atoms with E-state index in [1.54, 1.807) is 12.1 Å². The first kappa shape index (κ1) is 13.8. The van der Waals surface area contributed by atoms with Crippen molar-refractivity contribution in [3.8, 4) is 0 Å². The van der Waals surface area contributed by atoms with Gasteiger partial charge in [-0.1, -0.05) is 12.5 Å². The van der Waals surface area contributed by atoms with E-state index < -0.39 is 0 Å². The normalized spacial score (nSPS) is 24.4. The van der Waals surface area contributed by atoms with Crippen molar-refractivity contribution < 1.29 is 4.39 Å². The molecule has 1 aromatic carbocycles. The van der Waals surface area contributed by atoms with Crippen molar-refractivity contribution in [3.05, 3.63) is 30.1 Å². The SMILES string of the molecule is Fc1cccc(NCCN2CCN3CCCCC3C2)c1. The Morgan fingerprint density at radius 2 is 2.15 bits per heavy atom. The van der Waals surface area contributed by atoms with Gasteiger partial charge in [0.2, 0.25) is 0 Å². The Labute approximate surface area is 120 Å². The molecule has 2 aliphatic rings. The molecule has 0 amide bonds. The molecule has 2 saturated heterocycles. The van der Waals surface area contributed by atoms with Crippen LogP contribution in [0.25, 0.3) is 0 Å². The lowest BCUT2D eigenvalue weighted by atomic mass is 9.99. The van der Waals surface area contributed by atoms with Gasteiger partial charge in [0.15, 0.2) is 0 Å². The summed E-state index contributed by atoms with van der Waals surface area (Å²) in [4.78, 5) is 5.19. The predicted molar refractivity (Wildman–Crippen MR) is 80.5 cm³/mol. The first-order chi connectivity index (χ1) is 9.81. The highest BCUT2D eigenvalue weighted by Gasteiger charge is 2.28. The summed E-state index contributed by atoms with van der Waals surface area (Å²) in [6, 6.07) is 7.47. The Hall–Kier alpha value is -1.13. The van der Waals surface area contributed by atoms with E-state index in [1.165, 1.54) is 51.5 Å². The minimum Gasteiger partial charge on any atom is -0.384 e. The monoisotopic (exact) mass is 277 g/mol. The second-order valence-corrected chi connectivity index (χ2v) is 5.92. The molecule has 2 aliphatic heterocycles. The zero-order valence-electron chi connectivity index (χ0n) is 12.0. The average Bonchev–Trinajstić information content (AvgIpc) is 2.47. The van der Waals surface area contributed by atoms with Gasteiger partial charge in [-0.25, -0.2) is 4.39 Å². The highest BCUT2D eigenvalue weighted by Crippen LogP contribution is 2.20. The molecule has 0 saturated carbocycles. The molecule has 3 nitrogen and oxygen atoms in total. The Kier molecular flexibility index (Phi) is 4.53. The number of anilines is 1. The van der Waals surface area contributed by atoms with Gasteiger partial charge in [-0.2, -0.15) is 0 Å². The van der Waals surface area contributed by atoms with Gasteiger partial charge in [-0.15, -0.1) is 0 Å². The Balaban J connectivity index is 1.42. The fourth-order valence-corrected chi connectivity index (χ4v) is 3.38. The van der Waals surface area contributed by atoms with Gasteiger partial charge in [0.1, 0.15) is 5.82 Å². The van der Waals surface area contributed by atoms with Crippen LogP contribution in [0.3, 0.4) is 0 Å². The maximum Gasteiger partial charge on any atom is 0.125 e. The molecule has 1 aromatic rings. The molecule has 2 fully saturated rings. The first-order valence-electron chi connectivity index (χ1n) is 7.77. The summed E-state index contributed by atoms with van der Waals surface area (Å²) in [5.41, 5.74) is 0.876. The molecular weight excluding hydrogens is 253 g/mol. The number of halogens is 1. The topological polar surface area (TPSA) is 18.5 Å². The number of hydrogen-bond donors (Lipinski definition) is 1. The summed E-state index contributed by atoms with van der Waals surface area (Å²) in [5.74, 6) is -0.175. The lowest BCUT2D eigenvalue weighted by Gasteiger charge is -2.44. The van der Waals surface area contributed by atoms with Crippen LogP contribution in [-0.2, 0) is 0 Å². The van der Waals surface area contributed by atoms with E-state index in [9.17, 15) is 4.39 Å². The zero-order valence-corrected chi connectivity index (χ0v) is 12.0. The van der Waals surface area contributed by atoms with E-state index in [0.29, 0.717) is 0 Å². The summed E-state index contributed by atoms with van der Waals surface area (Å²) in [7, 11) is 0. The van der Waals surface area contributed by atoms with E-state index in [0.717, 1.165) is 24.8 Å². The fourth-order valence-electron chi connectivity index (χ4n) is 3.38. The number of nitrogens with one attached hydrogen (secondary N) is 1. The number of rotatable bonds is 4. The molecule has 20 heavy (non-hydrogen) atoms. The molecule has 0 bridgehead atoms. The summed E-state index contributed by atoms with van der Waals surface area (Å²) in [6.45, 7) is 6.80. The van der Waals surface area contributed by atoms with Crippen LogP contribution in [-0.4, -0.2) is 55.1 Å². The molecular formula is C16H24FN3. The van der Waals surface area contributed by atoms with Crippen LogP contribution in [0.15, 0.2) is 24.3 Å². The minimum absolute atomic E-state index is 0.175. The van der Waals surface area contributed by atoms with Crippen LogP contribution in [0.5, 0.6) is 0 Å². The summed E-state index contributed by atoms with van der Waals surface area (Å²) < 4.78 is 13.1. The molecule has 1 unspecified atom stereocenters. The van der Waals surface area contributed by atoms with Crippen molar-refractivity contribution in [1.82, 2.24) is 9.80 Å². The average molecular weight is 277 g/mol. The minimum atomic E-state index is -0.175. The molecule has 1 atom stereocenters. The third-order valence-corrected chi connectivity index (χ3v) is 4.50. The second kappa shape index (κ2) is 6.55. The summed E-state index contributed by atoms with van der Waals surface area (Å²) in [6.07, 6.45) is 4.11. The van der Waals surface area contributed by atoms with Crippen molar-refractivity contribution in [2.75, 3.05) is 44.6 Å². The number of nitrogens with zero attached hydrogens (tertiary/aromatic N) is 2. The van der Waals surface area contributed by atoms with E-state index in [2.05, 4.69) is 15.1 Å². The molecule has 110 valence electrons.